The second kappa shape index (κ2) is 6.56. The number of rotatable bonds is 5. The average Bonchev–Trinajstić information content (AvgIpc) is 2.97. The summed E-state index contributed by atoms with van der Waals surface area (Å²) in [7, 11) is 0. The predicted molar refractivity (Wildman–Crippen MR) is 88.0 cm³/mol. The Balaban J connectivity index is 1.66. The van der Waals surface area contributed by atoms with Gasteiger partial charge in [-0.3, -0.25) is 14.8 Å². The van der Waals surface area contributed by atoms with E-state index >= 15 is 0 Å². The fraction of sp³-hybridized carbons (Fsp3) is 0.294. The number of carbonyl (C=O) groups excluding carboxylic acids is 1. The molecule has 3 heterocycles. The molecule has 0 radical (unpaired) electrons. The highest BCUT2D eigenvalue weighted by atomic mass is 16.1. The second-order valence-electron chi connectivity index (χ2n) is 5.69. The zero-order valence-corrected chi connectivity index (χ0v) is 13.2. The van der Waals surface area contributed by atoms with Gasteiger partial charge in [0.1, 0.15) is 5.82 Å². The van der Waals surface area contributed by atoms with Crippen LogP contribution in [0.1, 0.15) is 23.1 Å². The van der Waals surface area contributed by atoms with Crippen LogP contribution in [0.25, 0.3) is 10.9 Å². The van der Waals surface area contributed by atoms with Crippen LogP contribution in [0, 0.1) is 12.8 Å². The molecule has 1 atom stereocenters. The number of nitrogens with one attached hydrogen (secondary N) is 1. The molecule has 0 aliphatic heterocycles. The van der Waals surface area contributed by atoms with E-state index in [9.17, 15) is 4.79 Å². The molecule has 3 rings (SSSR count). The highest BCUT2D eigenvalue weighted by Gasteiger charge is 2.12. The maximum absolute atomic E-state index is 12.4. The number of imidazole rings is 1. The summed E-state index contributed by atoms with van der Waals surface area (Å²) in [5.41, 5.74) is 1.38. The lowest BCUT2D eigenvalue weighted by molar-refractivity contribution is 0.0948. The van der Waals surface area contributed by atoms with Gasteiger partial charge in [0, 0.05) is 49.5 Å². The van der Waals surface area contributed by atoms with Crippen molar-refractivity contribution in [3.63, 3.8) is 0 Å². The number of nitrogens with zero attached hydrogens (tertiary/aromatic N) is 4. The molecule has 0 aliphatic rings. The monoisotopic (exact) mass is 309 g/mol. The van der Waals surface area contributed by atoms with Crippen molar-refractivity contribution < 1.29 is 4.79 Å². The van der Waals surface area contributed by atoms with E-state index in [2.05, 4.69) is 31.8 Å². The summed E-state index contributed by atoms with van der Waals surface area (Å²) in [4.78, 5) is 25.0. The van der Waals surface area contributed by atoms with Gasteiger partial charge < -0.3 is 9.88 Å². The fourth-order valence-corrected chi connectivity index (χ4v) is 2.55. The number of aryl methyl sites for hydroxylation is 1. The second-order valence-corrected chi connectivity index (χ2v) is 5.69. The lowest BCUT2D eigenvalue weighted by Gasteiger charge is -2.15. The van der Waals surface area contributed by atoms with Crippen molar-refractivity contribution in [1.82, 2.24) is 24.8 Å². The molecule has 0 saturated carbocycles. The molecule has 0 aromatic carbocycles. The number of aromatic nitrogens is 4. The SMILES string of the molecule is Cc1nccn1CC(C)CNC(=O)c1ccnc2ccncc12. The minimum absolute atomic E-state index is 0.0976. The summed E-state index contributed by atoms with van der Waals surface area (Å²) in [6, 6.07) is 3.53. The van der Waals surface area contributed by atoms with Crippen molar-refractivity contribution >= 4 is 16.8 Å². The van der Waals surface area contributed by atoms with Crippen LogP contribution in [0.5, 0.6) is 0 Å². The van der Waals surface area contributed by atoms with Crippen molar-refractivity contribution in [2.45, 2.75) is 20.4 Å². The molecule has 0 bridgehead atoms. The van der Waals surface area contributed by atoms with Crippen molar-refractivity contribution in [2.24, 2.45) is 5.92 Å². The van der Waals surface area contributed by atoms with Crippen LogP contribution in [0.4, 0.5) is 0 Å². The average molecular weight is 309 g/mol. The Kier molecular flexibility index (Phi) is 4.32. The summed E-state index contributed by atoms with van der Waals surface area (Å²) < 4.78 is 2.09. The van der Waals surface area contributed by atoms with Gasteiger partial charge in [-0.15, -0.1) is 0 Å². The lowest BCUT2D eigenvalue weighted by atomic mass is 10.1. The zero-order chi connectivity index (χ0) is 16.2. The molecule has 6 nitrogen and oxygen atoms in total. The minimum atomic E-state index is -0.0976. The lowest BCUT2D eigenvalue weighted by Crippen LogP contribution is -2.30. The number of hydrogen-bond donors (Lipinski definition) is 1. The Labute approximate surface area is 134 Å². The third-order valence-electron chi connectivity index (χ3n) is 3.83. The van der Waals surface area contributed by atoms with E-state index in [4.69, 9.17) is 0 Å². The van der Waals surface area contributed by atoms with Gasteiger partial charge in [-0.25, -0.2) is 4.98 Å². The largest absolute Gasteiger partial charge is 0.352 e. The minimum Gasteiger partial charge on any atom is -0.352 e. The third kappa shape index (κ3) is 3.36. The Morgan fingerprint density at radius 3 is 2.91 bits per heavy atom. The first-order valence-corrected chi connectivity index (χ1v) is 7.60. The van der Waals surface area contributed by atoms with Crippen LogP contribution in [-0.4, -0.2) is 32.0 Å². The first-order valence-electron chi connectivity index (χ1n) is 7.60. The Morgan fingerprint density at radius 2 is 2.13 bits per heavy atom. The maximum atomic E-state index is 12.4. The maximum Gasteiger partial charge on any atom is 0.252 e. The molecule has 0 spiro atoms. The van der Waals surface area contributed by atoms with Crippen molar-refractivity contribution in [1.29, 1.82) is 0 Å². The summed E-state index contributed by atoms with van der Waals surface area (Å²) in [5.74, 6) is 1.19. The normalized spacial score (nSPS) is 12.3. The summed E-state index contributed by atoms with van der Waals surface area (Å²) in [6.45, 7) is 5.50. The van der Waals surface area contributed by atoms with E-state index in [0.717, 1.165) is 23.3 Å². The van der Waals surface area contributed by atoms with Gasteiger partial charge in [0.2, 0.25) is 0 Å². The number of fused-ring (bicyclic) bond motifs is 1. The summed E-state index contributed by atoms with van der Waals surface area (Å²) >= 11 is 0. The van der Waals surface area contributed by atoms with Crippen LogP contribution in [-0.2, 0) is 6.54 Å². The molecule has 3 aromatic rings. The van der Waals surface area contributed by atoms with Crippen LogP contribution in [0.3, 0.4) is 0 Å². The van der Waals surface area contributed by atoms with Crippen molar-refractivity contribution in [2.75, 3.05) is 6.54 Å². The first-order chi connectivity index (χ1) is 11.1. The van der Waals surface area contributed by atoms with E-state index < -0.39 is 0 Å². The van der Waals surface area contributed by atoms with E-state index in [1.165, 1.54) is 0 Å². The molecule has 0 fully saturated rings. The van der Waals surface area contributed by atoms with E-state index in [1.54, 1.807) is 36.9 Å². The third-order valence-corrected chi connectivity index (χ3v) is 3.83. The van der Waals surface area contributed by atoms with Gasteiger partial charge in [-0.2, -0.15) is 0 Å². The van der Waals surface area contributed by atoms with Crippen molar-refractivity contribution in [3.8, 4) is 0 Å². The molecule has 0 saturated heterocycles. The van der Waals surface area contributed by atoms with Crippen LogP contribution in [0.2, 0.25) is 0 Å². The molecular weight excluding hydrogens is 290 g/mol. The predicted octanol–water partition coefficient (Wildman–Crippen LogP) is 2.20. The number of amides is 1. The van der Waals surface area contributed by atoms with Crippen LogP contribution in [0.15, 0.2) is 43.1 Å². The Hall–Kier alpha value is -2.76. The van der Waals surface area contributed by atoms with Gasteiger partial charge in [-0.05, 0) is 25.0 Å². The molecule has 1 amide bonds. The molecule has 118 valence electrons. The van der Waals surface area contributed by atoms with Gasteiger partial charge in [0.25, 0.3) is 5.91 Å². The van der Waals surface area contributed by atoms with Gasteiger partial charge in [0.15, 0.2) is 0 Å². The van der Waals surface area contributed by atoms with Crippen molar-refractivity contribution in [3.05, 3.63) is 54.5 Å². The molecule has 0 aliphatic carbocycles. The summed E-state index contributed by atoms with van der Waals surface area (Å²) in [6.07, 6.45) is 8.74. The first kappa shape index (κ1) is 15.1. The van der Waals surface area contributed by atoms with E-state index in [0.29, 0.717) is 18.0 Å². The quantitative estimate of drug-likeness (QED) is 0.784. The van der Waals surface area contributed by atoms with Gasteiger partial charge in [0.05, 0.1) is 11.1 Å². The highest BCUT2D eigenvalue weighted by Crippen LogP contribution is 2.14. The van der Waals surface area contributed by atoms with Gasteiger partial charge >= 0.3 is 0 Å². The molecule has 1 N–H and O–H groups in total. The molecule has 3 aromatic heterocycles. The zero-order valence-electron chi connectivity index (χ0n) is 13.2. The molecule has 1 unspecified atom stereocenters. The fourth-order valence-electron chi connectivity index (χ4n) is 2.55. The molecule has 23 heavy (non-hydrogen) atoms. The Bertz CT molecular complexity index is 821. The number of pyridine rings is 2. The topological polar surface area (TPSA) is 72.7 Å². The highest BCUT2D eigenvalue weighted by molar-refractivity contribution is 6.05. The summed E-state index contributed by atoms with van der Waals surface area (Å²) in [5, 5.41) is 3.76. The molecular formula is C17H19N5O. The van der Waals surface area contributed by atoms with E-state index in [1.807, 2.05) is 13.1 Å². The van der Waals surface area contributed by atoms with E-state index in [-0.39, 0.29) is 5.91 Å². The number of hydrogen-bond acceptors (Lipinski definition) is 4. The number of carbonyl (C=O) groups is 1. The van der Waals surface area contributed by atoms with Crippen LogP contribution < -0.4 is 5.32 Å². The molecule has 6 heteroatoms. The van der Waals surface area contributed by atoms with Gasteiger partial charge in [-0.1, -0.05) is 6.92 Å². The smallest absolute Gasteiger partial charge is 0.252 e. The Morgan fingerprint density at radius 1 is 1.26 bits per heavy atom. The standard InChI is InChI=1S/C17H19N5O/c1-12(11-22-8-7-19-13(22)2)9-21-17(23)14-3-6-20-16-4-5-18-10-15(14)16/h3-8,10,12H,9,11H2,1-2H3,(H,21,23). The van der Waals surface area contributed by atoms with Crippen LogP contribution >= 0.6 is 0 Å².